The Morgan fingerprint density at radius 1 is 1.25 bits per heavy atom. The molecule has 0 aliphatic rings. The largest absolute Gasteiger partial charge is 2.00 e. The quantitative estimate of drug-likeness (QED) is 0.350. The second-order valence-electron chi connectivity index (χ2n) is 0. The molecule has 0 fully saturated rings. The van der Waals surface area contributed by atoms with E-state index < -0.39 is 0 Å². The van der Waals surface area contributed by atoms with Gasteiger partial charge >= 0.3 is 37.7 Å². The summed E-state index contributed by atoms with van der Waals surface area (Å²) in [5.41, 5.74) is 0. The van der Waals surface area contributed by atoms with E-state index in [2.05, 4.69) is 0 Å². The first-order chi connectivity index (χ1) is 0. The van der Waals surface area contributed by atoms with Crippen molar-refractivity contribution < 1.29 is 2.85 Å². The van der Waals surface area contributed by atoms with E-state index in [0.29, 0.717) is 0 Å². The molecule has 0 atom stereocenters. The van der Waals surface area contributed by atoms with Crippen LogP contribution >= 0.6 is 0 Å². The predicted molar refractivity (Wildman–Crippen MR) is 34.3 cm³/mol. The Labute approximate surface area is 74.2 Å². The molecule has 4 heavy (non-hydrogen) atoms. The van der Waals surface area contributed by atoms with Gasteiger partial charge in [0.25, 0.3) is 0 Å². The van der Waals surface area contributed by atoms with Gasteiger partial charge in [-0.3, -0.25) is 0 Å². The third kappa shape index (κ3) is 9.02. The van der Waals surface area contributed by atoms with Crippen molar-refractivity contribution in [2.24, 2.45) is 0 Å². The van der Waals surface area contributed by atoms with E-state index in [1.54, 1.807) is 0 Å². The first-order valence-electron chi connectivity index (χ1n) is 0. The SMILES string of the molecule is N.[AlH3].[Ca+2].[H-].[H-].[SiH4]. The van der Waals surface area contributed by atoms with Crippen LogP contribution in [0, 0.1) is 0 Å². The Hall–Kier alpha value is 1.97. The van der Waals surface area contributed by atoms with Gasteiger partial charge < -0.3 is 9.00 Å². The molecule has 0 bridgehead atoms. The average molecular weight is 121 g/mol. The molecule has 1 nitrogen and oxygen atoms in total. The van der Waals surface area contributed by atoms with Crippen LogP contribution in [0.3, 0.4) is 0 Å². The maximum absolute atomic E-state index is 0. The molecule has 0 heterocycles. The summed E-state index contributed by atoms with van der Waals surface area (Å²) in [7, 11) is 0. The van der Waals surface area contributed by atoms with Crippen LogP contribution in [0.15, 0.2) is 0 Å². The Morgan fingerprint density at radius 3 is 1.25 bits per heavy atom. The Bertz CT molecular complexity index is 13.5. The van der Waals surface area contributed by atoms with Gasteiger partial charge in [0, 0.05) is 0 Å². The zero-order valence-corrected chi connectivity index (χ0v) is 3.62. The van der Waals surface area contributed by atoms with Crippen molar-refractivity contribution in [3.8, 4) is 0 Å². The third-order valence-electron chi connectivity index (χ3n) is 0. The van der Waals surface area contributed by atoms with E-state index in [1.165, 1.54) is 0 Å². The predicted octanol–water partition coefficient (Wildman–Crippen LogP) is -2.63. The molecule has 0 unspecified atom stereocenters. The smallest absolute Gasteiger partial charge is 1.00 e. The van der Waals surface area contributed by atoms with E-state index in [4.69, 9.17) is 0 Å². The molecule has 0 radical (unpaired) electrons. The van der Waals surface area contributed by atoms with Gasteiger partial charge in [0.1, 0.15) is 0 Å². The number of hydrogen-bond donors (Lipinski definition) is 1. The van der Waals surface area contributed by atoms with Crippen molar-refractivity contribution in [2.45, 2.75) is 0 Å². The van der Waals surface area contributed by atoms with E-state index in [-0.39, 0.29) is 75.1 Å². The summed E-state index contributed by atoms with van der Waals surface area (Å²) in [5, 5.41) is 0. The van der Waals surface area contributed by atoms with Crippen molar-refractivity contribution in [1.82, 2.24) is 6.15 Å². The van der Waals surface area contributed by atoms with Crippen LogP contribution in [-0.2, 0) is 0 Å². The normalized spacial score (nSPS) is 0. The second-order valence-corrected chi connectivity index (χ2v) is 0. The van der Waals surface area contributed by atoms with Gasteiger partial charge in [-0.15, -0.1) is 0 Å². The van der Waals surface area contributed by atoms with Gasteiger partial charge in [-0.2, -0.15) is 0 Å². The van der Waals surface area contributed by atoms with Gasteiger partial charge in [-0.1, -0.05) is 0 Å². The van der Waals surface area contributed by atoms with E-state index in [9.17, 15) is 0 Å². The van der Waals surface area contributed by atoms with Crippen LogP contribution in [0.25, 0.3) is 0 Å². The Kier molecular flexibility index (Phi) is 192. The number of hydrogen-bond acceptors (Lipinski definition) is 1. The molecule has 0 aliphatic heterocycles. The fourth-order valence-electron chi connectivity index (χ4n) is 0. The molecule has 0 saturated heterocycles. The van der Waals surface area contributed by atoms with Crippen LogP contribution in [0.1, 0.15) is 2.85 Å². The minimum atomic E-state index is 0. The van der Waals surface area contributed by atoms with E-state index in [1.807, 2.05) is 0 Å². The molecule has 0 aliphatic carbocycles. The van der Waals surface area contributed by atoms with E-state index >= 15 is 0 Å². The zero-order valence-electron chi connectivity index (χ0n) is 3.41. The minimum absolute atomic E-state index is 0. The van der Waals surface area contributed by atoms with Crippen molar-refractivity contribution in [1.29, 1.82) is 0 Å². The molecular formula is H12AlCaNSi. The maximum atomic E-state index is 0. The van der Waals surface area contributed by atoms with Gasteiger partial charge in [0.2, 0.25) is 0 Å². The first-order valence-corrected chi connectivity index (χ1v) is 0. The third-order valence-corrected chi connectivity index (χ3v) is 0. The summed E-state index contributed by atoms with van der Waals surface area (Å²) >= 11 is 0. The molecule has 0 saturated carbocycles. The van der Waals surface area contributed by atoms with Crippen molar-refractivity contribution in [3.63, 3.8) is 0 Å². The van der Waals surface area contributed by atoms with Crippen molar-refractivity contribution >= 4 is 66.1 Å². The molecular weight excluding hydrogens is 109 g/mol. The Balaban J connectivity index is 0. The summed E-state index contributed by atoms with van der Waals surface area (Å²) in [6, 6.07) is 0. The maximum Gasteiger partial charge on any atom is 2.00 e. The van der Waals surface area contributed by atoms with Crippen LogP contribution in [0.2, 0.25) is 0 Å². The molecule has 0 rings (SSSR count). The fourth-order valence-corrected chi connectivity index (χ4v) is 0. The molecule has 3 N–H and O–H groups in total. The number of rotatable bonds is 0. The van der Waals surface area contributed by atoms with Crippen LogP contribution in [-0.4, -0.2) is 66.1 Å². The summed E-state index contributed by atoms with van der Waals surface area (Å²) in [6.07, 6.45) is 0. The molecule has 0 aromatic carbocycles. The second kappa shape index (κ2) is 20.2. The standard InChI is InChI=1S/Al.Ca.H3N.H4Si.5H/h;;1H3;1H4;;;;;/q;+2;;;;;;2*-1. The summed E-state index contributed by atoms with van der Waals surface area (Å²) in [4.78, 5) is 0. The first kappa shape index (κ1) is 38.0. The van der Waals surface area contributed by atoms with Gasteiger partial charge in [-0.25, -0.2) is 0 Å². The topological polar surface area (TPSA) is 35.0 Å². The van der Waals surface area contributed by atoms with E-state index in [0.717, 1.165) is 0 Å². The van der Waals surface area contributed by atoms with Crippen LogP contribution in [0.4, 0.5) is 0 Å². The minimum Gasteiger partial charge on any atom is -1.00 e. The fraction of sp³-hybridized carbons (Fsp3) is 0. The van der Waals surface area contributed by atoms with Gasteiger partial charge in [-0.05, 0) is 11.0 Å². The zero-order chi connectivity index (χ0) is 0. The monoisotopic (exact) mass is 121 g/mol. The molecule has 0 aromatic rings. The molecule has 0 spiro atoms. The van der Waals surface area contributed by atoms with Crippen LogP contribution < -0.4 is 6.15 Å². The summed E-state index contributed by atoms with van der Waals surface area (Å²) < 4.78 is 0. The molecule has 4 heteroatoms. The molecule has 0 aromatic heterocycles. The van der Waals surface area contributed by atoms with Crippen molar-refractivity contribution in [3.05, 3.63) is 0 Å². The van der Waals surface area contributed by atoms with Crippen molar-refractivity contribution in [2.75, 3.05) is 0 Å². The molecule has 26 valence electrons. The van der Waals surface area contributed by atoms with Gasteiger partial charge in [0.15, 0.2) is 17.4 Å². The van der Waals surface area contributed by atoms with Crippen LogP contribution in [0.5, 0.6) is 0 Å². The molecule has 0 amide bonds. The summed E-state index contributed by atoms with van der Waals surface area (Å²) in [5.74, 6) is 0. The Morgan fingerprint density at radius 2 is 1.25 bits per heavy atom. The van der Waals surface area contributed by atoms with Gasteiger partial charge in [0.05, 0.1) is 0 Å². The average Bonchev–Trinajstić information content (AvgIpc) is 0. The summed E-state index contributed by atoms with van der Waals surface area (Å²) in [6.45, 7) is 0.